The van der Waals surface area contributed by atoms with E-state index in [0.29, 0.717) is 6.61 Å². The lowest BCUT2D eigenvalue weighted by Gasteiger charge is -2.10. The average Bonchev–Trinajstić information content (AvgIpc) is 2.25. The molecule has 0 bridgehead atoms. The molecule has 6 nitrogen and oxygen atoms in total. The fourth-order valence-electron chi connectivity index (χ4n) is 0.998. The molecule has 0 rings (SSSR count). The second kappa shape index (κ2) is 7.67. The predicted octanol–water partition coefficient (Wildman–Crippen LogP) is 0.00740. The van der Waals surface area contributed by atoms with Crippen LogP contribution in [0, 0.1) is 0 Å². The number of carbonyl (C=O) groups excluding carboxylic acids is 3. The summed E-state index contributed by atoms with van der Waals surface area (Å²) >= 11 is 0. The van der Waals surface area contributed by atoms with Gasteiger partial charge in [0, 0.05) is 6.42 Å². The first-order chi connectivity index (χ1) is 7.51. The van der Waals surface area contributed by atoms with Crippen molar-refractivity contribution < 1.29 is 23.9 Å². The number of amides is 1. The second-order valence-electron chi connectivity index (χ2n) is 3.12. The fraction of sp³-hybridized carbons (Fsp3) is 0.700. The van der Waals surface area contributed by atoms with Gasteiger partial charge in [-0.3, -0.25) is 9.59 Å². The Labute approximate surface area is 94.3 Å². The van der Waals surface area contributed by atoms with Crippen molar-refractivity contribution in [2.45, 2.75) is 32.7 Å². The first-order valence-corrected chi connectivity index (χ1v) is 5.04. The molecule has 0 aliphatic heterocycles. The van der Waals surface area contributed by atoms with Crippen LogP contribution in [-0.2, 0) is 23.9 Å². The van der Waals surface area contributed by atoms with Gasteiger partial charge in [-0.15, -0.1) is 0 Å². The van der Waals surface area contributed by atoms with Gasteiger partial charge < -0.3 is 14.8 Å². The van der Waals surface area contributed by atoms with Crippen LogP contribution in [0.15, 0.2) is 0 Å². The number of hydrogen-bond donors (Lipinski definition) is 1. The highest BCUT2D eigenvalue weighted by Crippen LogP contribution is 1.95. The van der Waals surface area contributed by atoms with E-state index in [4.69, 9.17) is 0 Å². The third-order valence-corrected chi connectivity index (χ3v) is 1.79. The topological polar surface area (TPSA) is 81.7 Å². The maximum Gasteiger partial charge on any atom is 0.328 e. The first kappa shape index (κ1) is 14.4. The summed E-state index contributed by atoms with van der Waals surface area (Å²) < 4.78 is 9.09. The van der Waals surface area contributed by atoms with Gasteiger partial charge in [-0.25, -0.2) is 4.79 Å². The second-order valence-corrected chi connectivity index (χ2v) is 3.12. The lowest BCUT2D eigenvalue weighted by Crippen LogP contribution is -2.39. The summed E-state index contributed by atoms with van der Waals surface area (Å²) in [5, 5.41) is 2.41. The molecule has 0 heterocycles. The summed E-state index contributed by atoms with van der Waals surface area (Å²) in [5.41, 5.74) is 0. The van der Waals surface area contributed by atoms with Crippen LogP contribution in [0.5, 0.6) is 0 Å². The number of esters is 2. The van der Waals surface area contributed by atoms with E-state index in [1.54, 1.807) is 6.92 Å². The summed E-state index contributed by atoms with van der Waals surface area (Å²) in [4.78, 5) is 33.1. The summed E-state index contributed by atoms with van der Waals surface area (Å²) in [6.07, 6.45) is 0.00767. The van der Waals surface area contributed by atoms with E-state index in [9.17, 15) is 14.4 Å². The summed E-state index contributed by atoms with van der Waals surface area (Å²) in [5.74, 6) is -1.33. The van der Waals surface area contributed by atoms with Gasteiger partial charge in [0.15, 0.2) is 0 Å². The van der Waals surface area contributed by atoms with E-state index in [-0.39, 0.29) is 18.7 Å². The van der Waals surface area contributed by atoms with E-state index in [1.165, 1.54) is 14.0 Å². The van der Waals surface area contributed by atoms with Crippen LogP contribution in [0.3, 0.4) is 0 Å². The number of hydrogen-bond acceptors (Lipinski definition) is 5. The molecule has 0 saturated carbocycles. The van der Waals surface area contributed by atoms with E-state index in [2.05, 4.69) is 14.8 Å². The van der Waals surface area contributed by atoms with Gasteiger partial charge in [0.05, 0.1) is 20.1 Å². The smallest absolute Gasteiger partial charge is 0.328 e. The van der Waals surface area contributed by atoms with Crippen molar-refractivity contribution in [1.82, 2.24) is 5.32 Å². The Morgan fingerprint density at radius 1 is 1.25 bits per heavy atom. The van der Waals surface area contributed by atoms with Crippen LogP contribution in [0.25, 0.3) is 0 Å². The highest BCUT2D eigenvalue weighted by molar-refractivity contribution is 5.86. The summed E-state index contributed by atoms with van der Waals surface area (Å²) in [6, 6.07) is -0.709. The van der Waals surface area contributed by atoms with Crippen molar-refractivity contribution in [2.24, 2.45) is 0 Å². The van der Waals surface area contributed by atoms with Gasteiger partial charge in [0.25, 0.3) is 0 Å². The van der Waals surface area contributed by atoms with Gasteiger partial charge in [0.1, 0.15) is 6.04 Å². The zero-order chi connectivity index (χ0) is 12.6. The molecule has 0 aromatic carbocycles. The maximum atomic E-state index is 11.3. The fourth-order valence-corrected chi connectivity index (χ4v) is 0.998. The van der Waals surface area contributed by atoms with Crippen molar-refractivity contribution in [3.05, 3.63) is 0 Å². The van der Waals surface area contributed by atoms with Crippen LogP contribution < -0.4 is 5.32 Å². The standard InChI is InChI=1S/C10H17NO5/c1-4-16-9(13)6-5-8(12)11-7(2)10(14)15-3/h7H,4-6H2,1-3H3,(H,11,12)/t7-/m0/s1. The van der Waals surface area contributed by atoms with Gasteiger partial charge in [-0.1, -0.05) is 0 Å². The Bertz CT molecular complexity index is 264. The number of carbonyl (C=O) groups is 3. The summed E-state index contributed by atoms with van der Waals surface area (Å²) in [6.45, 7) is 3.49. The van der Waals surface area contributed by atoms with Crippen LogP contribution in [-0.4, -0.2) is 37.6 Å². The molecule has 0 radical (unpaired) electrons. The maximum absolute atomic E-state index is 11.3. The molecule has 0 spiro atoms. The Balaban J connectivity index is 3.82. The normalized spacial score (nSPS) is 11.4. The average molecular weight is 231 g/mol. The Kier molecular flexibility index (Phi) is 6.91. The molecule has 6 heteroatoms. The quantitative estimate of drug-likeness (QED) is 0.651. The Morgan fingerprint density at radius 2 is 1.88 bits per heavy atom. The molecule has 0 unspecified atom stereocenters. The monoisotopic (exact) mass is 231 g/mol. The van der Waals surface area contributed by atoms with Crippen molar-refractivity contribution in [1.29, 1.82) is 0 Å². The molecular formula is C10H17NO5. The SMILES string of the molecule is CCOC(=O)CCC(=O)N[C@@H](C)C(=O)OC. The zero-order valence-corrected chi connectivity index (χ0v) is 9.74. The van der Waals surface area contributed by atoms with Crippen LogP contribution in [0.2, 0.25) is 0 Å². The van der Waals surface area contributed by atoms with Crippen molar-refractivity contribution >= 4 is 17.8 Å². The minimum absolute atomic E-state index is 0.000166. The van der Waals surface area contributed by atoms with Crippen LogP contribution in [0.1, 0.15) is 26.7 Å². The largest absolute Gasteiger partial charge is 0.467 e. The van der Waals surface area contributed by atoms with Crippen molar-refractivity contribution in [2.75, 3.05) is 13.7 Å². The molecule has 0 aliphatic carbocycles. The summed E-state index contributed by atoms with van der Waals surface area (Å²) in [7, 11) is 1.24. The minimum atomic E-state index is -0.709. The number of nitrogens with one attached hydrogen (secondary N) is 1. The molecule has 1 N–H and O–H groups in total. The highest BCUT2D eigenvalue weighted by atomic mass is 16.5. The molecule has 1 amide bonds. The lowest BCUT2D eigenvalue weighted by atomic mass is 10.2. The van der Waals surface area contributed by atoms with E-state index in [1.807, 2.05) is 0 Å². The van der Waals surface area contributed by atoms with E-state index < -0.39 is 18.0 Å². The third-order valence-electron chi connectivity index (χ3n) is 1.79. The molecule has 0 aromatic rings. The molecule has 0 fully saturated rings. The van der Waals surface area contributed by atoms with E-state index >= 15 is 0 Å². The molecule has 92 valence electrons. The van der Waals surface area contributed by atoms with Gasteiger partial charge in [-0.05, 0) is 13.8 Å². The highest BCUT2D eigenvalue weighted by Gasteiger charge is 2.16. The predicted molar refractivity (Wildman–Crippen MR) is 55.5 cm³/mol. The first-order valence-electron chi connectivity index (χ1n) is 5.04. The van der Waals surface area contributed by atoms with Gasteiger partial charge in [-0.2, -0.15) is 0 Å². The van der Waals surface area contributed by atoms with Crippen LogP contribution >= 0.6 is 0 Å². The minimum Gasteiger partial charge on any atom is -0.467 e. The number of ether oxygens (including phenoxy) is 2. The third kappa shape index (κ3) is 6.00. The Hall–Kier alpha value is -1.59. The molecular weight excluding hydrogens is 214 g/mol. The van der Waals surface area contributed by atoms with Crippen molar-refractivity contribution in [3.63, 3.8) is 0 Å². The molecule has 16 heavy (non-hydrogen) atoms. The van der Waals surface area contributed by atoms with E-state index in [0.717, 1.165) is 0 Å². The lowest BCUT2D eigenvalue weighted by molar-refractivity contribution is -0.145. The number of methoxy groups -OCH3 is 1. The van der Waals surface area contributed by atoms with Crippen LogP contribution in [0.4, 0.5) is 0 Å². The molecule has 0 saturated heterocycles. The van der Waals surface area contributed by atoms with Gasteiger partial charge >= 0.3 is 11.9 Å². The Morgan fingerprint density at radius 3 is 2.38 bits per heavy atom. The number of rotatable bonds is 6. The molecule has 1 atom stereocenters. The van der Waals surface area contributed by atoms with Crippen molar-refractivity contribution in [3.8, 4) is 0 Å². The molecule has 0 aromatic heterocycles. The van der Waals surface area contributed by atoms with Gasteiger partial charge in [0.2, 0.25) is 5.91 Å². The molecule has 0 aliphatic rings. The zero-order valence-electron chi connectivity index (χ0n) is 9.74.